The van der Waals surface area contributed by atoms with E-state index < -0.39 is 5.97 Å². The summed E-state index contributed by atoms with van der Waals surface area (Å²) in [4.78, 5) is 11.0. The molecule has 1 heterocycles. The lowest BCUT2D eigenvalue weighted by atomic mass is 10.2. The van der Waals surface area contributed by atoms with E-state index >= 15 is 0 Å². The van der Waals surface area contributed by atoms with Gasteiger partial charge in [-0.3, -0.25) is 4.68 Å². The van der Waals surface area contributed by atoms with Gasteiger partial charge in [0.2, 0.25) is 0 Å². The second kappa shape index (κ2) is 5.50. The number of para-hydroxylation sites is 1. The van der Waals surface area contributed by atoms with Crippen molar-refractivity contribution in [3.8, 4) is 0 Å². The number of anilines is 1. The number of carbonyl (C=O) groups is 1. The van der Waals surface area contributed by atoms with Crippen molar-refractivity contribution in [3.05, 3.63) is 45.7 Å². The molecule has 5 nitrogen and oxygen atoms in total. The van der Waals surface area contributed by atoms with Crippen LogP contribution in [0.3, 0.4) is 0 Å². The molecule has 0 aliphatic rings. The molecule has 0 spiro atoms. The molecule has 7 heteroatoms. The Morgan fingerprint density at radius 3 is 2.63 bits per heavy atom. The Kier molecular flexibility index (Phi) is 3.97. The fraction of sp³-hybridized carbons (Fsp3) is 0.167. The number of nitrogens with zero attached hydrogens (tertiary/aromatic N) is 2. The lowest BCUT2D eigenvalue weighted by molar-refractivity contribution is 0.0695. The highest BCUT2D eigenvalue weighted by Crippen LogP contribution is 2.30. The monoisotopic (exact) mass is 299 g/mol. The molecule has 2 rings (SSSR count). The van der Waals surface area contributed by atoms with Crippen LogP contribution in [0.4, 0.5) is 5.69 Å². The number of carboxylic acid groups (broad SMARTS) is 1. The maximum absolute atomic E-state index is 11.0. The van der Waals surface area contributed by atoms with Crippen molar-refractivity contribution in [1.29, 1.82) is 0 Å². The van der Waals surface area contributed by atoms with Crippen LogP contribution < -0.4 is 5.32 Å². The Morgan fingerprint density at radius 1 is 1.42 bits per heavy atom. The number of hydrogen-bond acceptors (Lipinski definition) is 3. The first kappa shape index (κ1) is 13.7. The van der Waals surface area contributed by atoms with Crippen LogP contribution in [0.1, 0.15) is 16.1 Å². The van der Waals surface area contributed by atoms with E-state index in [1.165, 1.54) is 10.9 Å². The van der Waals surface area contributed by atoms with Crippen LogP contribution in [0.5, 0.6) is 0 Å². The van der Waals surface area contributed by atoms with Crippen molar-refractivity contribution in [3.63, 3.8) is 0 Å². The van der Waals surface area contributed by atoms with Crippen molar-refractivity contribution in [2.75, 3.05) is 5.32 Å². The largest absolute Gasteiger partial charge is 0.478 e. The minimum atomic E-state index is -1.02. The Hall–Kier alpha value is -1.72. The molecule has 0 unspecified atom stereocenters. The van der Waals surface area contributed by atoms with Crippen molar-refractivity contribution in [2.45, 2.75) is 6.54 Å². The first-order valence-corrected chi connectivity index (χ1v) is 6.18. The number of hydrogen-bond donors (Lipinski definition) is 2. The molecule has 1 aromatic carbocycles. The number of aromatic carboxylic acids is 1. The summed E-state index contributed by atoms with van der Waals surface area (Å²) in [5.41, 5.74) is 1.27. The summed E-state index contributed by atoms with van der Waals surface area (Å²) in [7, 11) is 1.68. The third kappa shape index (κ3) is 2.83. The lowest BCUT2D eigenvalue weighted by Crippen LogP contribution is -2.10. The molecule has 2 aromatic rings. The first-order valence-electron chi connectivity index (χ1n) is 5.42. The molecule has 0 saturated carbocycles. The molecule has 0 radical (unpaired) electrons. The maximum Gasteiger partial charge on any atom is 0.339 e. The number of benzene rings is 1. The van der Waals surface area contributed by atoms with Gasteiger partial charge in [0.1, 0.15) is 5.56 Å². The Balaban J connectivity index is 2.24. The minimum Gasteiger partial charge on any atom is -0.478 e. The minimum absolute atomic E-state index is 0.151. The molecule has 0 aliphatic carbocycles. The molecule has 0 atom stereocenters. The Morgan fingerprint density at radius 2 is 2.05 bits per heavy atom. The van der Waals surface area contributed by atoms with E-state index in [1.54, 1.807) is 25.2 Å². The quantitative estimate of drug-likeness (QED) is 0.910. The van der Waals surface area contributed by atoms with Gasteiger partial charge in [0.05, 0.1) is 34.2 Å². The van der Waals surface area contributed by atoms with Crippen LogP contribution >= 0.6 is 23.2 Å². The van der Waals surface area contributed by atoms with Crippen molar-refractivity contribution in [1.82, 2.24) is 9.78 Å². The van der Waals surface area contributed by atoms with Gasteiger partial charge in [-0.25, -0.2) is 4.79 Å². The number of nitrogens with one attached hydrogen (secondary N) is 1. The standard InChI is InChI=1S/C12H11Cl2N3O2/c1-17-10(7(5-16-17)12(18)19)6-15-11-8(13)3-2-4-9(11)14/h2-5,15H,6H2,1H3,(H,18,19). The summed E-state index contributed by atoms with van der Waals surface area (Å²) in [6.07, 6.45) is 1.31. The highest BCUT2D eigenvalue weighted by Gasteiger charge is 2.15. The lowest BCUT2D eigenvalue weighted by Gasteiger charge is -2.11. The molecule has 2 N–H and O–H groups in total. The zero-order chi connectivity index (χ0) is 14.0. The van der Waals surface area contributed by atoms with E-state index in [0.29, 0.717) is 21.4 Å². The van der Waals surface area contributed by atoms with Crippen molar-refractivity contribution < 1.29 is 9.90 Å². The Labute approximate surface area is 119 Å². The summed E-state index contributed by atoms with van der Waals surface area (Å²) in [6.45, 7) is 0.265. The molecular formula is C12H11Cl2N3O2. The van der Waals surface area contributed by atoms with E-state index in [2.05, 4.69) is 10.4 Å². The van der Waals surface area contributed by atoms with Crippen molar-refractivity contribution >= 4 is 34.9 Å². The number of aryl methyl sites for hydroxylation is 1. The van der Waals surface area contributed by atoms with E-state index in [0.717, 1.165) is 0 Å². The fourth-order valence-corrected chi connectivity index (χ4v) is 2.22. The highest BCUT2D eigenvalue weighted by molar-refractivity contribution is 6.39. The van der Waals surface area contributed by atoms with E-state index in [9.17, 15) is 4.79 Å². The molecule has 100 valence electrons. The SMILES string of the molecule is Cn1ncc(C(=O)O)c1CNc1c(Cl)cccc1Cl. The molecule has 0 amide bonds. The first-order chi connectivity index (χ1) is 9.00. The molecule has 0 aliphatic heterocycles. The zero-order valence-electron chi connectivity index (χ0n) is 10.0. The maximum atomic E-state index is 11.0. The summed E-state index contributed by atoms with van der Waals surface area (Å²) in [5.74, 6) is -1.02. The van der Waals surface area contributed by atoms with Crippen LogP contribution in [0.25, 0.3) is 0 Å². The average Bonchev–Trinajstić information content (AvgIpc) is 2.70. The number of carboxylic acids is 1. The molecule has 1 aromatic heterocycles. The van der Waals surface area contributed by atoms with E-state index in [4.69, 9.17) is 28.3 Å². The van der Waals surface area contributed by atoms with E-state index in [-0.39, 0.29) is 12.1 Å². The van der Waals surface area contributed by atoms with E-state index in [1.807, 2.05) is 0 Å². The molecule has 0 bridgehead atoms. The third-order valence-electron chi connectivity index (χ3n) is 2.69. The van der Waals surface area contributed by atoms with Gasteiger partial charge < -0.3 is 10.4 Å². The Bertz CT molecular complexity index is 605. The molecule has 0 saturated heterocycles. The summed E-state index contributed by atoms with van der Waals surface area (Å²) < 4.78 is 1.50. The number of aromatic nitrogens is 2. The smallest absolute Gasteiger partial charge is 0.339 e. The van der Waals surface area contributed by atoms with Gasteiger partial charge >= 0.3 is 5.97 Å². The average molecular weight is 300 g/mol. The van der Waals surface area contributed by atoms with Crippen LogP contribution in [0.15, 0.2) is 24.4 Å². The summed E-state index contributed by atoms with van der Waals surface area (Å²) in [6, 6.07) is 5.15. The van der Waals surface area contributed by atoms with Gasteiger partial charge in [-0.1, -0.05) is 29.3 Å². The normalized spacial score (nSPS) is 10.5. The van der Waals surface area contributed by atoms with Gasteiger partial charge in [0, 0.05) is 7.05 Å². The van der Waals surface area contributed by atoms with Crippen molar-refractivity contribution in [2.24, 2.45) is 7.05 Å². The molecule has 0 fully saturated rings. The number of rotatable bonds is 4. The second-order valence-corrected chi connectivity index (χ2v) is 4.70. The predicted molar refractivity (Wildman–Crippen MR) is 74.0 cm³/mol. The topological polar surface area (TPSA) is 67.2 Å². The van der Waals surface area contributed by atoms with Crippen LogP contribution in [-0.2, 0) is 13.6 Å². The molecular weight excluding hydrogens is 289 g/mol. The van der Waals surface area contributed by atoms with Gasteiger partial charge in [0.25, 0.3) is 0 Å². The molecule has 19 heavy (non-hydrogen) atoms. The van der Waals surface area contributed by atoms with Crippen LogP contribution in [-0.4, -0.2) is 20.9 Å². The van der Waals surface area contributed by atoms with Gasteiger partial charge in [0.15, 0.2) is 0 Å². The predicted octanol–water partition coefficient (Wildman–Crippen LogP) is 3.04. The number of halogens is 2. The second-order valence-electron chi connectivity index (χ2n) is 3.88. The van der Waals surface area contributed by atoms with Gasteiger partial charge in [-0.2, -0.15) is 5.10 Å². The fourth-order valence-electron chi connectivity index (χ4n) is 1.69. The third-order valence-corrected chi connectivity index (χ3v) is 3.32. The summed E-state index contributed by atoms with van der Waals surface area (Å²) >= 11 is 12.1. The van der Waals surface area contributed by atoms with Gasteiger partial charge in [-0.05, 0) is 12.1 Å². The van der Waals surface area contributed by atoms with Crippen LogP contribution in [0, 0.1) is 0 Å². The van der Waals surface area contributed by atoms with Gasteiger partial charge in [-0.15, -0.1) is 0 Å². The highest BCUT2D eigenvalue weighted by atomic mass is 35.5. The summed E-state index contributed by atoms with van der Waals surface area (Å²) in [5, 5.41) is 17.0. The van der Waals surface area contributed by atoms with Crippen LogP contribution in [0.2, 0.25) is 10.0 Å². The zero-order valence-corrected chi connectivity index (χ0v) is 11.5.